The maximum absolute atomic E-state index is 12.2. The second-order valence-electron chi connectivity index (χ2n) is 7.45. The lowest BCUT2D eigenvalue weighted by molar-refractivity contribution is 0.0954. The lowest BCUT2D eigenvalue weighted by Gasteiger charge is -2.25. The fraction of sp³-hybridized carbons (Fsp3) is 0.417. The number of amides is 1. The van der Waals surface area contributed by atoms with E-state index in [2.05, 4.69) is 64.1 Å². The molecule has 0 radical (unpaired) electrons. The van der Waals surface area contributed by atoms with Crippen LogP contribution < -0.4 is 20.7 Å². The van der Waals surface area contributed by atoms with Crippen molar-refractivity contribution in [1.29, 1.82) is 0 Å². The summed E-state index contributed by atoms with van der Waals surface area (Å²) < 4.78 is 5.16. The SMILES string of the molecule is CN=C(NCCNC(=O)c1cccc(OC)c1)NCCC(C)N(C)Cc1ccccc1. The molecule has 2 aromatic rings. The summed E-state index contributed by atoms with van der Waals surface area (Å²) in [7, 11) is 5.48. The molecule has 1 atom stereocenters. The van der Waals surface area contributed by atoms with Crippen LogP contribution in [0.1, 0.15) is 29.3 Å². The van der Waals surface area contributed by atoms with Crippen molar-refractivity contribution >= 4 is 11.9 Å². The molecule has 0 spiro atoms. The van der Waals surface area contributed by atoms with E-state index in [1.807, 2.05) is 12.1 Å². The van der Waals surface area contributed by atoms with Gasteiger partial charge in [0.1, 0.15) is 5.75 Å². The van der Waals surface area contributed by atoms with Crippen molar-refractivity contribution in [3.05, 3.63) is 65.7 Å². The summed E-state index contributed by atoms with van der Waals surface area (Å²) in [6, 6.07) is 18.0. The Kier molecular flexibility index (Phi) is 10.4. The van der Waals surface area contributed by atoms with E-state index in [4.69, 9.17) is 4.74 Å². The quantitative estimate of drug-likeness (QED) is 0.293. The Bertz CT molecular complexity index is 826. The predicted octanol–water partition coefficient (Wildman–Crippen LogP) is 2.50. The van der Waals surface area contributed by atoms with Gasteiger partial charge in [-0.2, -0.15) is 0 Å². The van der Waals surface area contributed by atoms with Gasteiger partial charge >= 0.3 is 0 Å². The number of aliphatic imine (C=N–C) groups is 1. The number of ether oxygens (including phenoxy) is 1. The summed E-state index contributed by atoms with van der Waals surface area (Å²) in [5.41, 5.74) is 1.90. The highest BCUT2D eigenvalue weighted by Gasteiger charge is 2.10. The van der Waals surface area contributed by atoms with Crippen LogP contribution in [-0.4, -0.2) is 63.6 Å². The van der Waals surface area contributed by atoms with Crippen molar-refractivity contribution in [2.45, 2.75) is 25.9 Å². The molecule has 2 aromatic carbocycles. The van der Waals surface area contributed by atoms with Crippen LogP contribution in [0.2, 0.25) is 0 Å². The van der Waals surface area contributed by atoms with E-state index in [0.717, 1.165) is 25.5 Å². The van der Waals surface area contributed by atoms with Crippen molar-refractivity contribution in [3.63, 3.8) is 0 Å². The molecule has 0 heterocycles. The van der Waals surface area contributed by atoms with Gasteiger partial charge in [0, 0.05) is 44.8 Å². The average molecular weight is 426 g/mol. The smallest absolute Gasteiger partial charge is 0.251 e. The molecule has 1 unspecified atom stereocenters. The van der Waals surface area contributed by atoms with Crippen LogP contribution in [0.5, 0.6) is 5.75 Å². The zero-order chi connectivity index (χ0) is 22.5. The first kappa shape index (κ1) is 24.2. The van der Waals surface area contributed by atoms with Crippen LogP contribution in [0.25, 0.3) is 0 Å². The molecular weight excluding hydrogens is 390 g/mol. The number of nitrogens with one attached hydrogen (secondary N) is 3. The van der Waals surface area contributed by atoms with Crippen LogP contribution in [0.4, 0.5) is 0 Å². The number of benzene rings is 2. The van der Waals surface area contributed by atoms with Gasteiger partial charge in [-0.05, 0) is 44.2 Å². The van der Waals surface area contributed by atoms with E-state index in [9.17, 15) is 4.79 Å². The molecule has 0 bridgehead atoms. The Labute approximate surface area is 185 Å². The highest BCUT2D eigenvalue weighted by atomic mass is 16.5. The molecule has 1 amide bonds. The molecule has 0 aliphatic heterocycles. The van der Waals surface area contributed by atoms with Crippen molar-refractivity contribution in [2.24, 2.45) is 4.99 Å². The molecule has 0 saturated heterocycles. The number of hydrogen-bond acceptors (Lipinski definition) is 4. The minimum absolute atomic E-state index is 0.126. The number of carbonyl (C=O) groups excluding carboxylic acids is 1. The molecule has 31 heavy (non-hydrogen) atoms. The molecule has 168 valence electrons. The third-order valence-corrected chi connectivity index (χ3v) is 5.14. The molecule has 0 saturated carbocycles. The predicted molar refractivity (Wildman–Crippen MR) is 127 cm³/mol. The Morgan fingerprint density at radius 3 is 2.45 bits per heavy atom. The standard InChI is InChI=1S/C24H35N5O2/c1-19(29(3)18-20-9-6-5-7-10-20)13-14-27-24(25-2)28-16-15-26-23(30)21-11-8-12-22(17-21)31-4/h5-12,17,19H,13-16,18H2,1-4H3,(H,26,30)(H2,25,27,28). The number of rotatable bonds is 11. The minimum atomic E-state index is -0.126. The molecule has 2 rings (SSSR count). The first-order valence-corrected chi connectivity index (χ1v) is 10.6. The van der Waals surface area contributed by atoms with Gasteiger partial charge in [0.25, 0.3) is 5.91 Å². The van der Waals surface area contributed by atoms with Gasteiger partial charge < -0.3 is 20.7 Å². The van der Waals surface area contributed by atoms with Crippen molar-refractivity contribution in [3.8, 4) is 5.75 Å². The van der Waals surface area contributed by atoms with Gasteiger partial charge in [-0.15, -0.1) is 0 Å². The third kappa shape index (κ3) is 8.68. The van der Waals surface area contributed by atoms with Gasteiger partial charge in [-0.3, -0.25) is 14.7 Å². The maximum atomic E-state index is 12.2. The normalized spacial score (nSPS) is 12.4. The van der Waals surface area contributed by atoms with Gasteiger partial charge in [-0.1, -0.05) is 36.4 Å². The van der Waals surface area contributed by atoms with Gasteiger partial charge in [-0.25, -0.2) is 0 Å². The average Bonchev–Trinajstić information content (AvgIpc) is 2.80. The van der Waals surface area contributed by atoms with Gasteiger partial charge in [0.15, 0.2) is 5.96 Å². The lowest BCUT2D eigenvalue weighted by Crippen LogP contribution is -2.43. The summed E-state index contributed by atoms with van der Waals surface area (Å²) in [5.74, 6) is 1.27. The van der Waals surface area contributed by atoms with Crippen molar-refractivity contribution in [2.75, 3.05) is 40.8 Å². The fourth-order valence-electron chi connectivity index (χ4n) is 3.09. The fourth-order valence-corrected chi connectivity index (χ4v) is 3.09. The zero-order valence-electron chi connectivity index (χ0n) is 19.0. The molecule has 7 heteroatoms. The summed E-state index contributed by atoms with van der Waals surface area (Å²) in [6.45, 7) is 5.05. The number of hydrogen-bond donors (Lipinski definition) is 3. The molecule has 7 nitrogen and oxygen atoms in total. The van der Waals surface area contributed by atoms with Crippen molar-refractivity contribution < 1.29 is 9.53 Å². The minimum Gasteiger partial charge on any atom is -0.497 e. The number of nitrogens with zero attached hydrogens (tertiary/aromatic N) is 2. The van der Waals surface area contributed by atoms with E-state index in [-0.39, 0.29) is 5.91 Å². The molecule has 0 aliphatic carbocycles. The van der Waals surface area contributed by atoms with Crippen LogP contribution >= 0.6 is 0 Å². The zero-order valence-corrected chi connectivity index (χ0v) is 19.0. The monoisotopic (exact) mass is 425 g/mol. The Morgan fingerprint density at radius 1 is 1.03 bits per heavy atom. The summed E-state index contributed by atoms with van der Waals surface area (Å²) >= 11 is 0. The molecule has 3 N–H and O–H groups in total. The highest BCUT2D eigenvalue weighted by molar-refractivity contribution is 5.94. The molecule has 0 aromatic heterocycles. The van der Waals surface area contributed by atoms with Crippen LogP contribution in [0.3, 0.4) is 0 Å². The van der Waals surface area contributed by atoms with E-state index in [0.29, 0.717) is 30.4 Å². The van der Waals surface area contributed by atoms with Gasteiger partial charge in [0.2, 0.25) is 0 Å². The van der Waals surface area contributed by atoms with Crippen LogP contribution in [0.15, 0.2) is 59.6 Å². The maximum Gasteiger partial charge on any atom is 0.251 e. The topological polar surface area (TPSA) is 78.0 Å². The summed E-state index contributed by atoms with van der Waals surface area (Å²) in [4.78, 5) is 18.8. The van der Waals surface area contributed by atoms with E-state index >= 15 is 0 Å². The van der Waals surface area contributed by atoms with Gasteiger partial charge in [0.05, 0.1) is 7.11 Å². The Morgan fingerprint density at radius 2 is 1.74 bits per heavy atom. The summed E-state index contributed by atoms with van der Waals surface area (Å²) in [5, 5.41) is 9.46. The third-order valence-electron chi connectivity index (χ3n) is 5.14. The van der Waals surface area contributed by atoms with E-state index < -0.39 is 0 Å². The molecule has 0 aliphatic rings. The second kappa shape index (κ2) is 13.3. The number of carbonyl (C=O) groups is 1. The van der Waals surface area contributed by atoms with E-state index in [1.54, 1.807) is 32.4 Å². The molecular formula is C24H35N5O2. The largest absolute Gasteiger partial charge is 0.497 e. The number of guanidine groups is 1. The first-order chi connectivity index (χ1) is 15.0. The second-order valence-corrected chi connectivity index (χ2v) is 7.45. The molecule has 0 fully saturated rings. The Balaban J connectivity index is 1.64. The van der Waals surface area contributed by atoms with Crippen LogP contribution in [0, 0.1) is 0 Å². The first-order valence-electron chi connectivity index (χ1n) is 10.6. The highest BCUT2D eigenvalue weighted by Crippen LogP contribution is 2.12. The van der Waals surface area contributed by atoms with Crippen molar-refractivity contribution in [1.82, 2.24) is 20.9 Å². The van der Waals surface area contributed by atoms with E-state index in [1.165, 1.54) is 5.56 Å². The summed E-state index contributed by atoms with van der Waals surface area (Å²) in [6.07, 6.45) is 0.997. The number of methoxy groups -OCH3 is 1. The lowest BCUT2D eigenvalue weighted by atomic mass is 10.1. The van der Waals surface area contributed by atoms with Crippen LogP contribution in [-0.2, 0) is 6.54 Å². The Hall–Kier alpha value is -3.06.